The van der Waals surface area contributed by atoms with Crippen molar-refractivity contribution in [1.82, 2.24) is 4.98 Å². The molecular weight excluding hydrogens is 340 g/mol. The highest BCUT2D eigenvalue weighted by atomic mass is 79.9. The number of nitrogens with one attached hydrogen (secondary N) is 1. The predicted octanol–water partition coefficient (Wildman–Crippen LogP) is 4.32. The van der Waals surface area contributed by atoms with Gasteiger partial charge in [0.05, 0.1) is 11.6 Å². The molecule has 4 rings (SSSR count). The van der Waals surface area contributed by atoms with Gasteiger partial charge < -0.3 is 9.72 Å². The summed E-state index contributed by atoms with van der Waals surface area (Å²) in [7, 11) is 0. The molecule has 110 valence electrons. The Morgan fingerprint density at radius 2 is 1.95 bits per heavy atom. The van der Waals surface area contributed by atoms with Gasteiger partial charge in [-0.3, -0.25) is 0 Å². The van der Waals surface area contributed by atoms with Crippen LogP contribution in [0.4, 0.5) is 0 Å². The normalized spacial score (nSPS) is 17.5. The zero-order chi connectivity index (χ0) is 14.9. The fourth-order valence-corrected chi connectivity index (χ4v) is 3.31. The van der Waals surface area contributed by atoms with Crippen molar-refractivity contribution in [1.29, 1.82) is 0 Å². The number of ether oxygens (including phenoxy) is 1. The highest BCUT2D eigenvalue weighted by Crippen LogP contribution is 2.24. The van der Waals surface area contributed by atoms with Gasteiger partial charge >= 0.3 is 0 Å². The van der Waals surface area contributed by atoms with E-state index in [2.05, 4.69) is 45.3 Å². The molecule has 0 unspecified atom stereocenters. The molecule has 2 heterocycles. The molecule has 1 aliphatic rings. The summed E-state index contributed by atoms with van der Waals surface area (Å²) in [6.07, 6.45) is 2.97. The van der Waals surface area contributed by atoms with Crippen molar-refractivity contribution in [3.05, 3.63) is 70.3 Å². The van der Waals surface area contributed by atoms with Crippen LogP contribution >= 0.6 is 15.9 Å². The molecular formula is C18H15BrN2O. The van der Waals surface area contributed by atoms with E-state index in [0.29, 0.717) is 6.61 Å². The lowest BCUT2D eigenvalue weighted by Gasteiger charge is -2.03. The fourth-order valence-electron chi connectivity index (χ4n) is 2.86. The molecule has 0 saturated heterocycles. The molecule has 0 bridgehead atoms. The summed E-state index contributed by atoms with van der Waals surface area (Å²) in [6.45, 7) is 0.635. The van der Waals surface area contributed by atoms with Crippen LogP contribution in [0.2, 0.25) is 0 Å². The third-order valence-corrected chi connectivity index (χ3v) is 4.64. The Morgan fingerprint density at radius 3 is 2.86 bits per heavy atom. The fraction of sp³-hybridized carbons (Fsp3) is 0.167. The molecule has 3 nitrogen and oxygen atoms in total. The maximum Gasteiger partial charge on any atom is 0.217 e. The average Bonchev–Trinajstić information content (AvgIpc) is 3.16. The zero-order valence-electron chi connectivity index (χ0n) is 11.9. The summed E-state index contributed by atoms with van der Waals surface area (Å²) in [4.78, 5) is 8.07. The lowest BCUT2D eigenvalue weighted by Crippen LogP contribution is -2.09. The van der Waals surface area contributed by atoms with E-state index in [-0.39, 0.29) is 6.04 Å². The van der Waals surface area contributed by atoms with Crippen LogP contribution < -0.4 is 0 Å². The first kappa shape index (κ1) is 13.6. The first-order chi connectivity index (χ1) is 10.8. The van der Waals surface area contributed by atoms with Crippen LogP contribution in [0.25, 0.3) is 10.9 Å². The quantitative estimate of drug-likeness (QED) is 0.747. The number of benzene rings is 2. The predicted molar refractivity (Wildman–Crippen MR) is 92.4 cm³/mol. The standard InChI is InChI=1S/C18H15BrN2O/c19-16-7-3-1-6-15(16)18-21-13(11-22-18)9-12-10-20-17-8-4-2-5-14(12)17/h1-8,10,13,20H,9,11H2/t13-/m0/s1. The van der Waals surface area contributed by atoms with Gasteiger partial charge in [-0.2, -0.15) is 0 Å². The molecule has 0 radical (unpaired) electrons. The molecule has 1 N–H and O–H groups in total. The molecule has 4 heteroatoms. The maximum absolute atomic E-state index is 5.80. The second-order valence-electron chi connectivity index (χ2n) is 5.44. The number of hydrogen-bond donors (Lipinski definition) is 1. The lowest BCUT2D eigenvalue weighted by molar-refractivity contribution is 0.317. The Balaban J connectivity index is 1.59. The number of hydrogen-bond acceptors (Lipinski definition) is 2. The van der Waals surface area contributed by atoms with E-state index in [1.54, 1.807) is 0 Å². The van der Waals surface area contributed by atoms with E-state index in [1.807, 2.05) is 30.3 Å². The minimum atomic E-state index is 0.168. The van der Waals surface area contributed by atoms with Crippen molar-refractivity contribution in [3.63, 3.8) is 0 Å². The third-order valence-electron chi connectivity index (χ3n) is 3.95. The maximum atomic E-state index is 5.80. The van der Waals surface area contributed by atoms with Crippen molar-refractivity contribution in [3.8, 4) is 0 Å². The van der Waals surface area contributed by atoms with Crippen LogP contribution in [0.5, 0.6) is 0 Å². The summed E-state index contributed by atoms with van der Waals surface area (Å²) in [5.41, 5.74) is 3.48. The van der Waals surface area contributed by atoms with E-state index < -0.39 is 0 Å². The second kappa shape index (κ2) is 5.61. The van der Waals surface area contributed by atoms with Crippen LogP contribution in [-0.4, -0.2) is 23.5 Å². The van der Waals surface area contributed by atoms with Crippen molar-refractivity contribution >= 4 is 32.7 Å². The van der Waals surface area contributed by atoms with Gasteiger partial charge in [0.15, 0.2) is 0 Å². The molecule has 0 aliphatic carbocycles. The summed E-state index contributed by atoms with van der Waals surface area (Å²) >= 11 is 3.55. The first-order valence-electron chi connectivity index (χ1n) is 7.32. The minimum Gasteiger partial charge on any atom is -0.475 e. The van der Waals surface area contributed by atoms with Crippen molar-refractivity contribution in [2.45, 2.75) is 12.5 Å². The largest absolute Gasteiger partial charge is 0.475 e. The summed E-state index contributed by atoms with van der Waals surface area (Å²) < 4.78 is 6.82. The van der Waals surface area contributed by atoms with Gasteiger partial charge in [0.25, 0.3) is 0 Å². The number of fused-ring (bicyclic) bond motifs is 1. The third kappa shape index (κ3) is 2.44. The van der Waals surface area contributed by atoms with Crippen LogP contribution in [0.1, 0.15) is 11.1 Å². The number of nitrogens with zero attached hydrogens (tertiary/aromatic N) is 1. The van der Waals surface area contributed by atoms with Crippen LogP contribution in [0.3, 0.4) is 0 Å². The van der Waals surface area contributed by atoms with E-state index >= 15 is 0 Å². The van der Waals surface area contributed by atoms with Crippen LogP contribution in [0.15, 0.2) is 64.2 Å². The van der Waals surface area contributed by atoms with E-state index in [9.17, 15) is 0 Å². The summed E-state index contributed by atoms with van der Waals surface area (Å²) in [5.74, 6) is 0.734. The van der Waals surface area contributed by atoms with Gasteiger partial charge in [-0.05, 0) is 39.7 Å². The molecule has 1 aromatic heterocycles. The molecule has 0 spiro atoms. The van der Waals surface area contributed by atoms with Crippen molar-refractivity contribution in [2.75, 3.05) is 6.61 Å². The average molecular weight is 355 g/mol. The highest BCUT2D eigenvalue weighted by Gasteiger charge is 2.22. The Labute approximate surface area is 137 Å². The number of aliphatic imine (C=N–C) groups is 1. The van der Waals surface area contributed by atoms with Gasteiger partial charge in [0, 0.05) is 28.0 Å². The molecule has 0 saturated carbocycles. The van der Waals surface area contributed by atoms with Gasteiger partial charge in [-0.15, -0.1) is 0 Å². The monoisotopic (exact) mass is 354 g/mol. The minimum absolute atomic E-state index is 0.168. The number of rotatable bonds is 3. The number of halogens is 1. The molecule has 22 heavy (non-hydrogen) atoms. The van der Waals surface area contributed by atoms with Crippen molar-refractivity contribution in [2.24, 2.45) is 4.99 Å². The number of para-hydroxylation sites is 1. The molecule has 0 amide bonds. The highest BCUT2D eigenvalue weighted by molar-refractivity contribution is 9.10. The van der Waals surface area contributed by atoms with Crippen molar-refractivity contribution < 1.29 is 4.74 Å². The van der Waals surface area contributed by atoms with Gasteiger partial charge in [-0.1, -0.05) is 30.3 Å². The number of aromatic amines is 1. The molecule has 1 atom stereocenters. The van der Waals surface area contributed by atoms with Gasteiger partial charge in [0.1, 0.15) is 6.61 Å². The Hall–Kier alpha value is -2.07. The van der Waals surface area contributed by atoms with Gasteiger partial charge in [-0.25, -0.2) is 4.99 Å². The second-order valence-corrected chi connectivity index (χ2v) is 6.30. The lowest BCUT2D eigenvalue weighted by atomic mass is 10.1. The van der Waals surface area contributed by atoms with E-state index in [1.165, 1.54) is 16.5 Å². The van der Waals surface area contributed by atoms with Crippen LogP contribution in [0, 0.1) is 0 Å². The topological polar surface area (TPSA) is 37.4 Å². The molecule has 0 fully saturated rings. The Kier molecular flexibility index (Phi) is 3.47. The Bertz CT molecular complexity index is 853. The summed E-state index contributed by atoms with van der Waals surface area (Å²) in [5, 5.41) is 1.27. The number of aromatic nitrogens is 1. The first-order valence-corrected chi connectivity index (χ1v) is 8.11. The molecule has 2 aromatic carbocycles. The van der Waals surface area contributed by atoms with E-state index in [0.717, 1.165) is 22.4 Å². The zero-order valence-corrected chi connectivity index (χ0v) is 13.5. The Morgan fingerprint density at radius 1 is 1.14 bits per heavy atom. The van der Waals surface area contributed by atoms with Gasteiger partial charge in [0.2, 0.25) is 5.90 Å². The summed E-state index contributed by atoms with van der Waals surface area (Å²) in [6, 6.07) is 16.6. The SMILES string of the molecule is Brc1ccccc1C1=N[C@@H](Cc2c[nH]c3ccccc23)CO1. The van der Waals surface area contributed by atoms with E-state index in [4.69, 9.17) is 9.73 Å². The molecule has 1 aliphatic heterocycles. The van der Waals surface area contributed by atoms with Crippen LogP contribution in [-0.2, 0) is 11.2 Å². The smallest absolute Gasteiger partial charge is 0.217 e. The molecule has 3 aromatic rings. The number of H-pyrrole nitrogens is 1.